The average Bonchev–Trinajstić information content (AvgIpc) is 2.95. The molecular weight excluding hydrogens is 486 g/mol. The highest BCUT2D eigenvalue weighted by Gasteiger charge is 2.07. The van der Waals surface area contributed by atoms with Crippen LogP contribution in [0.5, 0.6) is 0 Å². The molecule has 0 N–H and O–H groups in total. The number of rotatable bonds is 35. The summed E-state index contributed by atoms with van der Waals surface area (Å²) in [6, 6.07) is 0.262. The molecule has 0 aliphatic heterocycles. The normalized spacial score (nSPS) is 11.8. The first-order valence-corrected chi connectivity index (χ1v) is 19.1. The summed E-state index contributed by atoms with van der Waals surface area (Å²) in [6.45, 7) is 4.60. The van der Waals surface area contributed by atoms with E-state index in [0.717, 1.165) is 12.8 Å². The Morgan fingerprint density at radius 1 is 0.325 bits per heavy atom. The molecule has 0 saturated heterocycles. The zero-order valence-electron chi connectivity index (χ0n) is 28.5. The molecule has 0 fully saturated rings. The van der Waals surface area contributed by atoms with Crippen LogP contribution < -0.4 is 0 Å². The van der Waals surface area contributed by atoms with Gasteiger partial charge in [-0.15, -0.1) is 0 Å². The van der Waals surface area contributed by atoms with Crippen LogP contribution in [-0.2, 0) is 0 Å². The molecule has 2 nitrogen and oxygen atoms in total. The highest BCUT2D eigenvalue weighted by atomic mass is 16.5. The molecule has 0 rings (SSSR count). The van der Waals surface area contributed by atoms with E-state index in [-0.39, 0.29) is 6.04 Å². The quantitative estimate of drug-likeness (QED) is 0.0565. The molecule has 40 heavy (non-hydrogen) atoms. The maximum atomic E-state index is 12.0. The molecule has 242 valence electrons. The van der Waals surface area contributed by atoms with Gasteiger partial charge in [-0.1, -0.05) is 219 Å². The second-order valence-corrected chi connectivity index (χ2v) is 13.4. The van der Waals surface area contributed by atoms with E-state index < -0.39 is 0 Å². The number of unbranched alkanes of at least 4 members (excludes halogenated alkanes) is 30. The van der Waals surface area contributed by atoms with Gasteiger partial charge in [0.15, 0.2) is 0 Å². The highest BCUT2D eigenvalue weighted by molar-refractivity contribution is 4.69. The molecule has 0 aromatic rings. The van der Waals surface area contributed by atoms with Crippen molar-refractivity contribution >= 4 is 0 Å². The van der Waals surface area contributed by atoms with Gasteiger partial charge in [0.25, 0.3) is 0 Å². The van der Waals surface area contributed by atoms with Crippen molar-refractivity contribution in [2.75, 3.05) is 7.05 Å². The summed E-state index contributed by atoms with van der Waals surface area (Å²) < 4.78 is 0. The van der Waals surface area contributed by atoms with Crippen molar-refractivity contribution in [2.24, 2.45) is 0 Å². The van der Waals surface area contributed by atoms with Crippen LogP contribution in [0.1, 0.15) is 232 Å². The van der Waals surface area contributed by atoms with E-state index in [0.29, 0.717) is 0 Å². The third-order valence-corrected chi connectivity index (χ3v) is 9.30. The molecule has 0 aromatic heterocycles. The Bertz CT molecular complexity index is 401. The van der Waals surface area contributed by atoms with Crippen LogP contribution in [0.3, 0.4) is 0 Å². The van der Waals surface area contributed by atoms with Crippen LogP contribution in [0.15, 0.2) is 0 Å². The first-order valence-electron chi connectivity index (χ1n) is 19.1. The van der Waals surface area contributed by atoms with E-state index in [2.05, 4.69) is 13.8 Å². The Morgan fingerprint density at radius 2 is 0.500 bits per heavy atom. The lowest BCUT2D eigenvalue weighted by Gasteiger charge is -2.33. The molecule has 0 heterocycles. The highest BCUT2D eigenvalue weighted by Crippen LogP contribution is 2.19. The molecule has 0 radical (unpaired) electrons. The topological polar surface area (TPSA) is 26.3 Å². The number of hydrogen-bond donors (Lipinski definition) is 0. The SMILES string of the molecule is CCCCCCCCCCCCCCCCCCC(CCCCCCCCCCCCCCCCCC)N(C)[O-]. The van der Waals surface area contributed by atoms with Crippen molar-refractivity contribution in [2.45, 2.75) is 238 Å². The van der Waals surface area contributed by atoms with Gasteiger partial charge in [-0.3, -0.25) is 0 Å². The molecule has 0 saturated carbocycles. The number of hydrogen-bond acceptors (Lipinski definition) is 2. The van der Waals surface area contributed by atoms with Crippen molar-refractivity contribution in [3.05, 3.63) is 5.21 Å². The van der Waals surface area contributed by atoms with E-state index in [1.807, 2.05) is 0 Å². The predicted octanol–water partition coefficient (Wildman–Crippen LogP) is 14.1. The zero-order chi connectivity index (χ0) is 29.2. The van der Waals surface area contributed by atoms with E-state index in [1.54, 1.807) is 7.05 Å². The van der Waals surface area contributed by atoms with Crippen molar-refractivity contribution in [3.8, 4) is 0 Å². The smallest absolute Gasteiger partial charge is 0.00282 e. The van der Waals surface area contributed by atoms with Gasteiger partial charge in [-0.05, 0) is 25.9 Å². The minimum absolute atomic E-state index is 0.262. The minimum atomic E-state index is 0.262. The summed E-state index contributed by atoms with van der Waals surface area (Å²) in [5, 5.41) is 13.3. The van der Waals surface area contributed by atoms with Gasteiger partial charge in [0.05, 0.1) is 0 Å². The number of hydroxylamine groups is 2. The molecule has 0 aliphatic carbocycles. The second-order valence-electron chi connectivity index (χ2n) is 13.4. The molecule has 0 spiro atoms. The Balaban J connectivity index is 3.37. The molecule has 0 amide bonds. The standard InChI is InChI=1S/C38H78NO/c1-4-6-8-10-12-14-16-18-20-22-24-26-28-30-32-34-36-38(39(3)40)37-35-33-31-29-27-25-23-21-19-17-15-13-11-9-7-5-2/h38H,4-37H2,1-3H3/q-1. The van der Waals surface area contributed by atoms with Crippen LogP contribution in [0.4, 0.5) is 0 Å². The molecule has 0 bridgehead atoms. The molecule has 2 heteroatoms. The third kappa shape index (κ3) is 32.4. The van der Waals surface area contributed by atoms with Gasteiger partial charge in [-0.2, -0.15) is 0 Å². The third-order valence-electron chi connectivity index (χ3n) is 9.30. The van der Waals surface area contributed by atoms with Gasteiger partial charge in [0.2, 0.25) is 0 Å². The lowest BCUT2D eigenvalue weighted by Crippen LogP contribution is -2.26. The fourth-order valence-corrected chi connectivity index (χ4v) is 6.36. The average molecular weight is 565 g/mol. The molecule has 0 aliphatic rings. The monoisotopic (exact) mass is 565 g/mol. The summed E-state index contributed by atoms with van der Waals surface area (Å²) >= 11 is 0. The van der Waals surface area contributed by atoms with E-state index in [4.69, 9.17) is 0 Å². The fourth-order valence-electron chi connectivity index (χ4n) is 6.36. The number of nitrogens with zero attached hydrogens (tertiary/aromatic N) is 1. The van der Waals surface area contributed by atoms with E-state index >= 15 is 0 Å². The minimum Gasteiger partial charge on any atom is -0.785 e. The van der Waals surface area contributed by atoms with Crippen LogP contribution in [0, 0.1) is 5.21 Å². The Labute approximate surface area is 255 Å². The maximum absolute atomic E-state index is 12.0. The summed E-state index contributed by atoms with van der Waals surface area (Å²) in [6.07, 6.45) is 47.4. The fraction of sp³-hybridized carbons (Fsp3) is 1.00. The van der Waals surface area contributed by atoms with Crippen molar-refractivity contribution in [3.63, 3.8) is 0 Å². The predicted molar refractivity (Wildman–Crippen MR) is 183 cm³/mol. The van der Waals surface area contributed by atoms with Crippen LogP contribution in [0.2, 0.25) is 0 Å². The summed E-state index contributed by atoms with van der Waals surface area (Å²) in [7, 11) is 1.75. The van der Waals surface area contributed by atoms with E-state index in [9.17, 15) is 5.21 Å². The van der Waals surface area contributed by atoms with E-state index in [1.165, 1.54) is 211 Å². The van der Waals surface area contributed by atoms with Crippen LogP contribution >= 0.6 is 0 Å². The largest absolute Gasteiger partial charge is 0.785 e. The van der Waals surface area contributed by atoms with Crippen molar-refractivity contribution in [1.29, 1.82) is 0 Å². The second kappa shape index (κ2) is 35.1. The van der Waals surface area contributed by atoms with Crippen molar-refractivity contribution in [1.82, 2.24) is 5.06 Å². The van der Waals surface area contributed by atoms with Gasteiger partial charge in [-0.25, -0.2) is 0 Å². The Hall–Kier alpha value is -0.0800. The Morgan fingerprint density at radius 3 is 0.675 bits per heavy atom. The zero-order valence-corrected chi connectivity index (χ0v) is 28.5. The van der Waals surface area contributed by atoms with Crippen LogP contribution in [-0.4, -0.2) is 18.2 Å². The summed E-state index contributed by atoms with van der Waals surface area (Å²) in [5.41, 5.74) is 0. The first kappa shape index (κ1) is 39.9. The van der Waals surface area contributed by atoms with Gasteiger partial charge < -0.3 is 10.3 Å². The maximum Gasteiger partial charge on any atom is -0.00282 e. The van der Waals surface area contributed by atoms with Crippen LogP contribution in [0.25, 0.3) is 0 Å². The lowest BCUT2D eigenvalue weighted by atomic mass is 9.99. The molecule has 0 atom stereocenters. The molecule has 0 aromatic carbocycles. The first-order chi connectivity index (χ1) is 19.7. The summed E-state index contributed by atoms with van der Waals surface area (Å²) in [5.74, 6) is 0. The van der Waals surface area contributed by atoms with Crippen molar-refractivity contribution < 1.29 is 0 Å². The van der Waals surface area contributed by atoms with Gasteiger partial charge in [0, 0.05) is 0 Å². The Kier molecular flexibility index (Phi) is 35.0. The summed E-state index contributed by atoms with van der Waals surface area (Å²) in [4.78, 5) is 0. The molecule has 0 unspecified atom stereocenters. The van der Waals surface area contributed by atoms with Gasteiger partial charge in [0.1, 0.15) is 0 Å². The molecular formula is C38H78NO-. The lowest BCUT2D eigenvalue weighted by molar-refractivity contribution is 0.280. The van der Waals surface area contributed by atoms with Gasteiger partial charge >= 0.3 is 0 Å².